The van der Waals surface area contributed by atoms with E-state index in [0.717, 1.165) is 18.7 Å². The van der Waals surface area contributed by atoms with Crippen molar-refractivity contribution in [3.05, 3.63) is 36.2 Å². The lowest BCUT2D eigenvalue weighted by atomic mass is 9.86. The molecule has 2 heterocycles. The van der Waals surface area contributed by atoms with Crippen LogP contribution < -0.4 is 5.32 Å². The standard InChI is InChI=1S/C17H27N5O/c1-6-8-22-10-14(13(2)20-22)16(23)19-15(17(3,4)5)11-21-9-7-18-12-21/h7,9-10,12,15H,6,8,11H2,1-5H3,(H,19,23). The number of carbonyl (C=O) groups excluding carboxylic acids is 1. The lowest BCUT2D eigenvalue weighted by Gasteiger charge is -2.31. The molecule has 2 aromatic heterocycles. The molecule has 0 spiro atoms. The van der Waals surface area contributed by atoms with E-state index in [0.29, 0.717) is 12.1 Å². The molecule has 0 aromatic carbocycles. The summed E-state index contributed by atoms with van der Waals surface area (Å²) in [7, 11) is 0. The van der Waals surface area contributed by atoms with Crippen molar-refractivity contribution in [1.82, 2.24) is 24.6 Å². The summed E-state index contributed by atoms with van der Waals surface area (Å²) >= 11 is 0. The second kappa shape index (κ2) is 6.98. The lowest BCUT2D eigenvalue weighted by Crippen LogP contribution is -2.46. The van der Waals surface area contributed by atoms with Crippen molar-refractivity contribution >= 4 is 5.91 Å². The largest absolute Gasteiger partial charge is 0.347 e. The highest BCUT2D eigenvalue weighted by Gasteiger charge is 2.28. The number of nitrogens with one attached hydrogen (secondary N) is 1. The van der Waals surface area contributed by atoms with E-state index in [4.69, 9.17) is 0 Å². The Bertz CT molecular complexity index is 636. The molecular formula is C17H27N5O. The number of nitrogens with zero attached hydrogens (tertiary/aromatic N) is 4. The first-order chi connectivity index (χ1) is 10.8. The Morgan fingerprint density at radius 2 is 2.13 bits per heavy atom. The first-order valence-electron chi connectivity index (χ1n) is 8.12. The molecule has 0 fully saturated rings. The molecule has 1 amide bonds. The van der Waals surface area contributed by atoms with Gasteiger partial charge in [-0.2, -0.15) is 5.10 Å². The van der Waals surface area contributed by atoms with E-state index < -0.39 is 0 Å². The van der Waals surface area contributed by atoms with Crippen LogP contribution in [0.15, 0.2) is 24.9 Å². The Morgan fingerprint density at radius 3 is 2.70 bits per heavy atom. The molecule has 23 heavy (non-hydrogen) atoms. The fraction of sp³-hybridized carbons (Fsp3) is 0.588. The number of imidazole rings is 1. The van der Waals surface area contributed by atoms with Gasteiger partial charge in [0.05, 0.1) is 23.6 Å². The molecule has 0 bridgehead atoms. The monoisotopic (exact) mass is 317 g/mol. The third-order valence-corrected chi connectivity index (χ3v) is 3.95. The molecule has 0 saturated carbocycles. The van der Waals surface area contributed by atoms with Crippen molar-refractivity contribution in [2.75, 3.05) is 0 Å². The van der Waals surface area contributed by atoms with Gasteiger partial charge >= 0.3 is 0 Å². The van der Waals surface area contributed by atoms with Gasteiger partial charge in [-0.25, -0.2) is 4.98 Å². The number of hydrogen-bond acceptors (Lipinski definition) is 3. The van der Waals surface area contributed by atoms with Gasteiger partial charge < -0.3 is 9.88 Å². The Labute approximate surface area is 137 Å². The summed E-state index contributed by atoms with van der Waals surface area (Å²) in [5.41, 5.74) is 1.36. The van der Waals surface area contributed by atoms with Crippen LogP contribution in [0.3, 0.4) is 0 Å². The number of aryl methyl sites for hydroxylation is 2. The number of rotatable bonds is 6. The number of hydrogen-bond donors (Lipinski definition) is 1. The molecule has 0 saturated heterocycles. The van der Waals surface area contributed by atoms with Crippen LogP contribution in [0.25, 0.3) is 0 Å². The zero-order chi connectivity index (χ0) is 17.0. The van der Waals surface area contributed by atoms with Crippen molar-refractivity contribution in [1.29, 1.82) is 0 Å². The van der Waals surface area contributed by atoms with E-state index in [1.54, 1.807) is 12.5 Å². The quantitative estimate of drug-likeness (QED) is 0.891. The molecule has 6 nitrogen and oxygen atoms in total. The molecule has 0 aliphatic rings. The SMILES string of the molecule is CCCn1cc(C(=O)NC(Cn2ccnc2)C(C)(C)C)c(C)n1. The summed E-state index contributed by atoms with van der Waals surface area (Å²) in [5.74, 6) is -0.0649. The number of amides is 1. The maximum atomic E-state index is 12.7. The maximum Gasteiger partial charge on any atom is 0.255 e. The smallest absolute Gasteiger partial charge is 0.255 e. The van der Waals surface area contributed by atoms with Crippen LogP contribution in [0.1, 0.15) is 50.2 Å². The van der Waals surface area contributed by atoms with E-state index in [1.165, 1.54) is 0 Å². The minimum atomic E-state index is -0.0649. The average Bonchev–Trinajstić information content (AvgIpc) is 3.07. The Morgan fingerprint density at radius 1 is 1.39 bits per heavy atom. The van der Waals surface area contributed by atoms with Crippen LogP contribution in [0.5, 0.6) is 0 Å². The van der Waals surface area contributed by atoms with E-state index in [1.807, 2.05) is 28.6 Å². The van der Waals surface area contributed by atoms with E-state index >= 15 is 0 Å². The van der Waals surface area contributed by atoms with Gasteiger partial charge in [0.25, 0.3) is 5.91 Å². The molecule has 1 atom stereocenters. The van der Waals surface area contributed by atoms with Gasteiger partial charge in [0.2, 0.25) is 0 Å². The van der Waals surface area contributed by atoms with Crippen LogP contribution in [0.2, 0.25) is 0 Å². The molecule has 0 radical (unpaired) electrons. The van der Waals surface area contributed by atoms with Gasteiger partial charge in [-0.05, 0) is 18.8 Å². The Hall–Kier alpha value is -2.11. The molecular weight excluding hydrogens is 290 g/mol. The first-order valence-corrected chi connectivity index (χ1v) is 8.12. The average molecular weight is 317 g/mol. The minimum absolute atomic E-state index is 0.00174. The van der Waals surface area contributed by atoms with Crippen LogP contribution in [0.4, 0.5) is 0 Å². The van der Waals surface area contributed by atoms with E-state index in [2.05, 4.69) is 43.1 Å². The van der Waals surface area contributed by atoms with Crippen LogP contribution in [-0.2, 0) is 13.1 Å². The second-order valence-electron chi connectivity index (χ2n) is 7.04. The zero-order valence-corrected chi connectivity index (χ0v) is 14.7. The molecule has 1 unspecified atom stereocenters. The highest BCUT2D eigenvalue weighted by Crippen LogP contribution is 2.21. The minimum Gasteiger partial charge on any atom is -0.347 e. The third-order valence-electron chi connectivity index (χ3n) is 3.95. The van der Waals surface area contributed by atoms with Crippen molar-refractivity contribution in [3.63, 3.8) is 0 Å². The van der Waals surface area contributed by atoms with Crippen molar-refractivity contribution in [2.24, 2.45) is 5.41 Å². The summed E-state index contributed by atoms with van der Waals surface area (Å²) in [5, 5.41) is 7.57. The molecule has 2 rings (SSSR count). The highest BCUT2D eigenvalue weighted by atomic mass is 16.1. The van der Waals surface area contributed by atoms with E-state index in [9.17, 15) is 4.79 Å². The van der Waals surface area contributed by atoms with Crippen LogP contribution in [-0.4, -0.2) is 31.3 Å². The van der Waals surface area contributed by atoms with Gasteiger partial charge in [-0.3, -0.25) is 9.48 Å². The molecule has 0 aliphatic heterocycles. The fourth-order valence-corrected chi connectivity index (χ4v) is 2.46. The third kappa shape index (κ3) is 4.43. The lowest BCUT2D eigenvalue weighted by molar-refractivity contribution is 0.0892. The summed E-state index contributed by atoms with van der Waals surface area (Å²) in [6.07, 6.45) is 8.27. The van der Waals surface area contributed by atoms with Gasteiger partial charge in [0.1, 0.15) is 0 Å². The topological polar surface area (TPSA) is 64.7 Å². The van der Waals surface area contributed by atoms with Crippen LogP contribution in [0, 0.1) is 12.3 Å². The van der Waals surface area contributed by atoms with Gasteiger partial charge in [-0.1, -0.05) is 27.7 Å². The maximum absolute atomic E-state index is 12.7. The van der Waals surface area contributed by atoms with Gasteiger partial charge in [-0.15, -0.1) is 0 Å². The Balaban J connectivity index is 2.14. The predicted molar refractivity (Wildman–Crippen MR) is 90.2 cm³/mol. The fourth-order valence-electron chi connectivity index (χ4n) is 2.46. The molecule has 2 aromatic rings. The van der Waals surface area contributed by atoms with Crippen molar-refractivity contribution in [2.45, 2.75) is 60.2 Å². The summed E-state index contributed by atoms with van der Waals surface area (Å²) in [4.78, 5) is 16.7. The molecule has 1 N–H and O–H groups in total. The highest BCUT2D eigenvalue weighted by molar-refractivity contribution is 5.95. The first kappa shape index (κ1) is 17.2. The van der Waals surface area contributed by atoms with Crippen molar-refractivity contribution < 1.29 is 4.79 Å². The number of aromatic nitrogens is 4. The number of carbonyl (C=O) groups is 1. The Kier molecular flexibility index (Phi) is 5.23. The normalized spacial score (nSPS) is 13.1. The molecule has 126 valence electrons. The van der Waals surface area contributed by atoms with Gasteiger partial charge in [0, 0.05) is 31.7 Å². The summed E-state index contributed by atoms with van der Waals surface area (Å²) in [6.45, 7) is 11.9. The second-order valence-corrected chi connectivity index (χ2v) is 7.04. The zero-order valence-electron chi connectivity index (χ0n) is 14.7. The van der Waals surface area contributed by atoms with Crippen LogP contribution >= 0.6 is 0 Å². The molecule has 0 aliphatic carbocycles. The van der Waals surface area contributed by atoms with Crippen molar-refractivity contribution in [3.8, 4) is 0 Å². The predicted octanol–water partition coefficient (Wildman–Crippen LogP) is 2.64. The summed E-state index contributed by atoms with van der Waals surface area (Å²) < 4.78 is 3.83. The molecule has 6 heteroatoms. The van der Waals surface area contributed by atoms with E-state index in [-0.39, 0.29) is 17.4 Å². The van der Waals surface area contributed by atoms with Gasteiger partial charge in [0.15, 0.2) is 0 Å². The summed E-state index contributed by atoms with van der Waals surface area (Å²) in [6, 6.07) is -0.00174.